The highest BCUT2D eigenvalue weighted by atomic mass is 19.2. The molecule has 9 heteroatoms. The maximum Gasteiger partial charge on any atom is 0.337 e. The van der Waals surface area contributed by atoms with Crippen LogP contribution in [0.4, 0.5) is 8.78 Å². The molecule has 3 heterocycles. The fourth-order valence-corrected chi connectivity index (χ4v) is 6.46. The second-order valence-electron chi connectivity index (χ2n) is 11.6. The van der Waals surface area contributed by atoms with Crippen molar-refractivity contribution in [1.82, 2.24) is 14.8 Å². The first kappa shape index (κ1) is 28.3. The SMILES string of the molecule is CCOc1cc(CN2CCC(N3CCc4nc(C)c(C(=O)O)cc4C3=O)CC2)cc(C2CC2)c1-c1ccc(F)c(F)c1. The van der Waals surface area contributed by atoms with Crippen LogP contribution in [0.25, 0.3) is 11.1 Å². The summed E-state index contributed by atoms with van der Waals surface area (Å²) in [6.07, 6.45) is 4.40. The molecule has 7 nitrogen and oxygen atoms in total. The van der Waals surface area contributed by atoms with Gasteiger partial charge in [0.25, 0.3) is 5.91 Å². The standard InChI is InChI=1S/C33H35F2N3O4/c1-3-42-30-15-20(14-25(21-4-5-21)31(30)22-6-7-27(34)28(35)16-22)18-37-11-8-23(9-12-37)38-13-10-29-26(32(38)39)17-24(33(40)41)19(2)36-29/h6-7,14-17,21,23H,3-5,8-13,18H2,1-2H3,(H,40,41). The number of rotatable bonds is 8. The lowest BCUT2D eigenvalue weighted by Crippen LogP contribution is -2.50. The number of fused-ring (bicyclic) bond motifs is 1. The topological polar surface area (TPSA) is 83.0 Å². The molecule has 0 spiro atoms. The van der Waals surface area contributed by atoms with Gasteiger partial charge in [0, 0.05) is 44.2 Å². The maximum absolute atomic E-state index is 14.2. The molecule has 0 unspecified atom stereocenters. The highest BCUT2D eigenvalue weighted by Gasteiger charge is 2.34. The molecule has 42 heavy (non-hydrogen) atoms. The Bertz CT molecular complexity index is 1550. The lowest BCUT2D eigenvalue weighted by Gasteiger charge is -2.40. The summed E-state index contributed by atoms with van der Waals surface area (Å²) in [6.45, 7) is 7.01. The Hall–Kier alpha value is -3.85. The van der Waals surface area contributed by atoms with E-state index in [4.69, 9.17) is 4.74 Å². The summed E-state index contributed by atoms with van der Waals surface area (Å²) < 4.78 is 33.9. The largest absolute Gasteiger partial charge is 0.493 e. The second-order valence-corrected chi connectivity index (χ2v) is 11.6. The number of carbonyl (C=O) groups excluding carboxylic acids is 1. The van der Waals surface area contributed by atoms with E-state index < -0.39 is 17.6 Å². The third kappa shape index (κ3) is 5.50. The molecule has 3 aromatic rings. The predicted octanol–water partition coefficient (Wildman–Crippen LogP) is 5.97. The minimum atomic E-state index is -1.07. The second kappa shape index (κ2) is 11.4. The number of carbonyl (C=O) groups is 2. The lowest BCUT2D eigenvalue weighted by molar-refractivity contribution is 0.0543. The number of piperidine rings is 1. The molecule has 0 radical (unpaired) electrons. The van der Waals surface area contributed by atoms with Crippen LogP contribution in [0.15, 0.2) is 36.4 Å². The van der Waals surface area contributed by atoms with Gasteiger partial charge in [-0.3, -0.25) is 14.7 Å². The molecule has 1 N–H and O–H groups in total. The van der Waals surface area contributed by atoms with Gasteiger partial charge in [0.1, 0.15) is 5.75 Å². The van der Waals surface area contributed by atoms with Crippen LogP contribution < -0.4 is 4.74 Å². The molecule has 2 aliphatic heterocycles. The van der Waals surface area contributed by atoms with Crippen molar-refractivity contribution in [1.29, 1.82) is 0 Å². The number of hydrogen-bond donors (Lipinski definition) is 1. The van der Waals surface area contributed by atoms with E-state index in [9.17, 15) is 23.5 Å². The van der Waals surface area contributed by atoms with E-state index in [1.165, 1.54) is 18.2 Å². The quantitative estimate of drug-likeness (QED) is 0.356. The first-order valence-electron chi connectivity index (χ1n) is 14.8. The van der Waals surface area contributed by atoms with Crippen LogP contribution in [0.5, 0.6) is 5.75 Å². The summed E-state index contributed by atoms with van der Waals surface area (Å²) in [7, 11) is 0. The first-order valence-corrected chi connectivity index (χ1v) is 14.8. The average Bonchev–Trinajstić information content (AvgIpc) is 3.81. The molecule has 1 saturated carbocycles. The van der Waals surface area contributed by atoms with E-state index in [0.717, 1.165) is 62.0 Å². The van der Waals surface area contributed by atoms with E-state index in [1.54, 1.807) is 13.0 Å². The smallest absolute Gasteiger partial charge is 0.337 e. The van der Waals surface area contributed by atoms with Crippen molar-refractivity contribution >= 4 is 11.9 Å². The Labute approximate surface area is 244 Å². The Morgan fingerprint density at radius 1 is 1.05 bits per heavy atom. The molecule has 1 saturated heterocycles. The number of ether oxygens (including phenoxy) is 1. The average molecular weight is 576 g/mol. The van der Waals surface area contributed by atoms with Crippen molar-refractivity contribution in [3.63, 3.8) is 0 Å². The van der Waals surface area contributed by atoms with Crippen molar-refractivity contribution in [3.05, 3.63) is 81.7 Å². The molecule has 3 aliphatic rings. The van der Waals surface area contributed by atoms with Crippen LogP contribution in [0.2, 0.25) is 0 Å². The Morgan fingerprint density at radius 2 is 1.81 bits per heavy atom. The van der Waals surface area contributed by atoms with Crippen molar-refractivity contribution in [2.24, 2.45) is 0 Å². The van der Waals surface area contributed by atoms with Gasteiger partial charge in [0.05, 0.1) is 29.1 Å². The van der Waals surface area contributed by atoms with Crippen molar-refractivity contribution < 1.29 is 28.2 Å². The number of carboxylic acids is 1. The maximum atomic E-state index is 14.2. The molecule has 1 aromatic heterocycles. The van der Waals surface area contributed by atoms with Crippen molar-refractivity contribution in [3.8, 4) is 16.9 Å². The molecule has 1 amide bonds. The number of aryl methyl sites for hydroxylation is 1. The number of benzene rings is 2. The van der Waals surface area contributed by atoms with Gasteiger partial charge in [0.2, 0.25) is 0 Å². The zero-order chi connectivity index (χ0) is 29.5. The van der Waals surface area contributed by atoms with Crippen LogP contribution in [-0.4, -0.2) is 64.0 Å². The van der Waals surface area contributed by atoms with Gasteiger partial charge in [-0.05, 0) is 86.4 Å². The van der Waals surface area contributed by atoms with Crippen LogP contribution in [0, 0.1) is 18.6 Å². The van der Waals surface area contributed by atoms with Gasteiger partial charge in [-0.1, -0.05) is 12.1 Å². The van der Waals surface area contributed by atoms with Gasteiger partial charge in [-0.2, -0.15) is 0 Å². The molecule has 220 valence electrons. The zero-order valence-corrected chi connectivity index (χ0v) is 24.0. The van der Waals surface area contributed by atoms with E-state index in [0.29, 0.717) is 53.8 Å². The van der Waals surface area contributed by atoms with Gasteiger partial charge < -0.3 is 14.7 Å². The highest BCUT2D eigenvalue weighted by Crippen LogP contribution is 2.48. The van der Waals surface area contributed by atoms with Gasteiger partial charge >= 0.3 is 5.97 Å². The van der Waals surface area contributed by atoms with E-state index in [-0.39, 0.29) is 17.5 Å². The first-order chi connectivity index (χ1) is 20.2. The predicted molar refractivity (Wildman–Crippen MR) is 154 cm³/mol. The fraction of sp³-hybridized carbons (Fsp3) is 0.424. The van der Waals surface area contributed by atoms with Crippen LogP contribution in [0.3, 0.4) is 0 Å². The van der Waals surface area contributed by atoms with Crippen LogP contribution >= 0.6 is 0 Å². The van der Waals surface area contributed by atoms with E-state index >= 15 is 0 Å². The van der Waals surface area contributed by atoms with Gasteiger partial charge in [-0.15, -0.1) is 0 Å². The van der Waals surface area contributed by atoms with Gasteiger partial charge in [0.15, 0.2) is 11.6 Å². The normalized spacial score (nSPS) is 17.8. The number of amides is 1. The summed E-state index contributed by atoms with van der Waals surface area (Å²) >= 11 is 0. The number of aromatic nitrogens is 1. The number of nitrogens with zero attached hydrogens (tertiary/aromatic N) is 3. The summed E-state index contributed by atoms with van der Waals surface area (Å²) in [4.78, 5) is 33.7. The summed E-state index contributed by atoms with van der Waals surface area (Å²) in [6, 6.07) is 9.84. The molecule has 2 fully saturated rings. The third-order valence-electron chi connectivity index (χ3n) is 8.73. The number of likely N-dealkylation sites (tertiary alicyclic amines) is 1. The Morgan fingerprint density at radius 3 is 2.48 bits per heavy atom. The Balaban J connectivity index is 1.17. The Kier molecular flexibility index (Phi) is 7.70. The molecular formula is C33H35F2N3O4. The van der Waals surface area contributed by atoms with E-state index in [2.05, 4.69) is 16.0 Å². The summed E-state index contributed by atoms with van der Waals surface area (Å²) in [5.41, 5.74) is 5.32. The number of aromatic carboxylic acids is 1. The molecule has 0 bridgehead atoms. The zero-order valence-electron chi connectivity index (χ0n) is 24.0. The van der Waals surface area contributed by atoms with E-state index in [1.807, 2.05) is 17.9 Å². The van der Waals surface area contributed by atoms with Crippen molar-refractivity contribution in [2.45, 2.75) is 64.5 Å². The summed E-state index contributed by atoms with van der Waals surface area (Å²) in [5.74, 6) is -1.86. The lowest BCUT2D eigenvalue weighted by atomic mass is 9.92. The molecule has 0 atom stereocenters. The minimum Gasteiger partial charge on any atom is -0.493 e. The highest BCUT2D eigenvalue weighted by molar-refractivity contribution is 5.99. The third-order valence-corrected chi connectivity index (χ3v) is 8.73. The number of hydrogen-bond acceptors (Lipinski definition) is 5. The number of halogens is 2. The fourth-order valence-electron chi connectivity index (χ4n) is 6.46. The molecular weight excluding hydrogens is 540 g/mol. The number of carboxylic acid groups (broad SMARTS) is 1. The number of pyridine rings is 1. The van der Waals surface area contributed by atoms with Crippen LogP contribution in [-0.2, 0) is 13.0 Å². The van der Waals surface area contributed by atoms with Crippen LogP contribution in [0.1, 0.15) is 81.8 Å². The molecule has 6 rings (SSSR count). The minimum absolute atomic E-state index is 0.0753. The summed E-state index contributed by atoms with van der Waals surface area (Å²) in [5, 5.41) is 9.50. The molecule has 2 aromatic carbocycles. The molecule has 1 aliphatic carbocycles. The van der Waals surface area contributed by atoms with Crippen molar-refractivity contribution in [2.75, 3.05) is 26.2 Å². The van der Waals surface area contributed by atoms with Gasteiger partial charge in [-0.25, -0.2) is 13.6 Å². The monoisotopic (exact) mass is 575 g/mol.